The maximum atomic E-state index is 11.4. The summed E-state index contributed by atoms with van der Waals surface area (Å²) in [6, 6.07) is 5.18. The monoisotopic (exact) mass is 298 g/mol. The number of benzene rings is 1. The molecule has 1 N–H and O–H groups in total. The number of rotatable bonds is 3. The van der Waals surface area contributed by atoms with Gasteiger partial charge < -0.3 is 5.32 Å². The molecule has 5 nitrogen and oxygen atoms in total. The van der Waals surface area contributed by atoms with Crippen molar-refractivity contribution in [3.05, 3.63) is 34.1 Å². The van der Waals surface area contributed by atoms with E-state index in [1.165, 1.54) is 4.68 Å². The summed E-state index contributed by atoms with van der Waals surface area (Å²) in [5.41, 5.74) is 0.763. The van der Waals surface area contributed by atoms with Crippen LogP contribution in [0.2, 0.25) is 10.0 Å². The van der Waals surface area contributed by atoms with E-state index < -0.39 is 0 Å². The molecule has 0 saturated heterocycles. The van der Waals surface area contributed by atoms with Crippen molar-refractivity contribution in [3.8, 4) is 11.4 Å². The molecule has 0 unspecified atom stereocenters. The summed E-state index contributed by atoms with van der Waals surface area (Å²) in [4.78, 5) is 15.8. The van der Waals surface area contributed by atoms with Crippen LogP contribution in [-0.4, -0.2) is 27.7 Å². The van der Waals surface area contributed by atoms with Gasteiger partial charge in [-0.3, -0.25) is 4.79 Å². The van der Waals surface area contributed by atoms with Crippen molar-refractivity contribution < 1.29 is 4.79 Å². The van der Waals surface area contributed by atoms with Gasteiger partial charge in [-0.2, -0.15) is 5.10 Å². The molecular formula is C12H12Cl2N4O. The van der Waals surface area contributed by atoms with Gasteiger partial charge in [0.15, 0.2) is 5.82 Å². The second kappa shape index (κ2) is 5.59. The molecule has 0 spiro atoms. The molecule has 0 fully saturated rings. The summed E-state index contributed by atoms with van der Waals surface area (Å²) in [5, 5.41) is 7.65. The molecule has 0 aliphatic rings. The zero-order chi connectivity index (χ0) is 14.0. The summed E-state index contributed by atoms with van der Waals surface area (Å²) in [6.45, 7) is 1.87. The average Bonchev–Trinajstić information content (AvgIpc) is 2.73. The Bertz CT molecular complexity index is 624. The lowest BCUT2D eigenvalue weighted by molar-refractivity contribution is -0.121. The summed E-state index contributed by atoms with van der Waals surface area (Å²) in [7, 11) is 1.57. The Kier molecular flexibility index (Phi) is 4.07. The summed E-state index contributed by atoms with van der Waals surface area (Å²) in [6.07, 6.45) is 0. The maximum absolute atomic E-state index is 11.4. The molecule has 0 aliphatic heterocycles. The third-order valence-electron chi connectivity index (χ3n) is 2.53. The molecule has 1 heterocycles. The van der Waals surface area contributed by atoms with Gasteiger partial charge in [0.05, 0.1) is 10.0 Å². The lowest BCUT2D eigenvalue weighted by Gasteiger charge is -2.06. The van der Waals surface area contributed by atoms with Gasteiger partial charge in [-0.25, -0.2) is 9.67 Å². The quantitative estimate of drug-likeness (QED) is 0.946. The van der Waals surface area contributed by atoms with Crippen LogP contribution in [-0.2, 0) is 11.3 Å². The number of nitrogens with zero attached hydrogens (tertiary/aromatic N) is 3. The Morgan fingerprint density at radius 3 is 2.74 bits per heavy atom. The van der Waals surface area contributed by atoms with Crippen molar-refractivity contribution >= 4 is 29.1 Å². The molecule has 0 radical (unpaired) electrons. The van der Waals surface area contributed by atoms with Crippen molar-refractivity contribution in [3.63, 3.8) is 0 Å². The van der Waals surface area contributed by atoms with Crippen LogP contribution in [0.25, 0.3) is 11.4 Å². The zero-order valence-electron chi connectivity index (χ0n) is 10.4. The van der Waals surface area contributed by atoms with Gasteiger partial charge in [0.1, 0.15) is 12.4 Å². The normalized spacial score (nSPS) is 10.5. The predicted octanol–water partition coefficient (Wildman–Crippen LogP) is 2.31. The van der Waals surface area contributed by atoms with Gasteiger partial charge in [0, 0.05) is 12.6 Å². The second-order valence-electron chi connectivity index (χ2n) is 3.94. The van der Waals surface area contributed by atoms with E-state index in [4.69, 9.17) is 23.2 Å². The van der Waals surface area contributed by atoms with E-state index >= 15 is 0 Å². The number of likely N-dealkylation sites (N-methyl/N-ethyl adjacent to an activating group) is 1. The molecule has 2 rings (SSSR count). The number of aryl methyl sites for hydroxylation is 1. The topological polar surface area (TPSA) is 59.8 Å². The van der Waals surface area contributed by atoms with E-state index in [1.807, 2.05) is 0 Å². The second-order valence-corrected chi connectivity index (χ2v) is 4.76. The molecule has 2 aromatic rings. The SMILES string of the molecule is CNC(=O)Cn1nc(C)nc1-c1ccc(Cl)c(Cl)c1. The molecule has 0 bridgehead atoms. The van der Waals surface area contributed by atoms with Gasteiger partial charge in [0.2, 0.25) is 5.91 Å². The fourth-order valence-electron chi connectivity index (χ4n) is 1.63. The van der Waals surface area contributed by atoms with Crippen molar-refractivity contribution in [1.29, 1.82) is 0 Å². The minimum atomic E-state index is -0.147. The predicted molar refractivity (Wildman–Crippen MR) is 74.3 cm³/mol. The van der Waals surface area contributed by atoms with E-state index in [2.05, 4.69) is 15.4 Å². The van der Waals surface area contributed by atoms with Gasteiger partial charge in [0.25, 0.3) is 0 Å². The van der Waals surface area contributed by atoms with E-state index in [-0.39, 0.29) is 12.5 Å². The Balaban J connectivity index is 2.43. The van der Waals surface area contributed by atoms with Crippen LogP contribution in [0.3, 0.4) is 0 Å². The Morgan fingerprint density at radius 1 is 1.37 bits per heavy atom. The van der Waals surface area contributed by atoms with Crippen LogP contribution in [0.5, 0.6) is 0 Å². The van der Waals surface area contributed by atoms with E-state index in [9.17, 15) is 4.79 Å². The third-order valence-corrected chi connectivity index (χ3v) is 3.27. The smallest absolute Gasteiger partial charge is 0.241 e. The fraction of sp³-hybridized carbons (Fsp3) is 0.250. The van der Waals surface area contributed by atoms with Gasteiger partial charge in [-0.1, -0.05) is 23.2 Å². The minimum Gasteiger partial charge on any atom is -0.358 e. The number of nitrogens with one attached hydrogen (secondary N) is 1. The van der Waals surface area contributed by atoms with E-state index in [1.54, 1.807) is 32.2 Å². The first-order chi connectivity index (χ1) is 9.01. The molecule has 1 aromatic heterocycles. The Labute approximate surface area is 120 Å². The van der Waals surface area contributed by atoms with Gasteiger partial charge in [-0.05, 0) is 25.1 Å². The Morgan fingerprint density at radius 2 is 2.11 bits per heavy atom. The number of amides is 1. The summed E-state index contributed by atoms with van der Waals surface area (Å²) in [5.74, 6) is 1.02. The van der Waals surface area contributed by atoms with Crippen molar-refractivity contribution in [2.45, 2.75) is 13.5 Å². The van der Waals surface area contributed by atoms with Gasteiger partial charge in [-0.15, -0.1) is 0 Å². The lowest BCUT2D eigenvalue weighted by atomic mass is 10.2. The molecule has 100 valence electrons. The average molecular weight is 299 g/mol. The number of aromatic nitrogens is 3. The number of hydrogen-bond acceptors (Lipinski definition) is 3. The number of carbonyl (C=O) groups excluding carboxylic acids is 1. The van der Waals surface area contributed by atoms with Crippen LogP contribution in [0.15, 0.2) is 18.2 Å². The van der Waals surface area contributed by atoms with Crippen molar-refractivity contribution in [2.24, 2.45) is 0 Å². The highest BCUT2D eigenvalue weighted by molar-refractivity contribution is 6.42. The molecule has 1 amide bonds. The van der Waals surface area contributed by atoms with Crippen LogP contribution in [0.4, 0.5) is 0 Å². The molecule has 1 aromatic carbocycles. The Hall–Kier alpha value is -1.59. The standard InChI is InChI=1S/C12H12Cl2N4O/c1-7-16-12(18(17-7)6-11(19)15-2)8-3-4-9(13)10(14)5-8/h3-5H,6H2,1-2H3,(H,15,19). The lowest BCUT2D eigenvalue weighted by Crippen LogP contribution is -2.24. The van der Waals surface area contributed by atoms with Crippen LogP contribution >= 0.6 is 23.2 Å². The molecule has 19 heavy (non-hydrogen) atoms. The summed E-state index contributed by atoms with van der Waals surface area (Å²) < 4.78 is 1.54. The number of hydrogen-bond donors (Lipinski definition) is 1. The third kappa shape index (κ3) is 3.05. The van der Waals surface area contributed by atoms with Crippen LogP contribution in [0.1, 0.15) is 5.82 Å². The van der Waals surface area contributed by atoms with E-state index in [0.717, 1.165) is 5.56 Å². The van der Waals surface area contributed by atoms with Crippen molar-refractivity contribution in [1.82, 2.24) is 20.1 Å². The first kappa shape index (κ1) is 13.8. The maximum Gasteiger partial charge on any atom is 0.241 e. The molecule has 7 heteroatoms. The van der Waals surface area contributed by atoms with Crippen LogP contribution in [0, 0.1) is 6.92 Å². The highest BCUT2D eigenvalue weighted by atomic mass is 35.5. The number of carbonyl (C=O) groups is 1. The first-order valence-electron chi connectivity index (χ1n) is 5.58. The molecular weight excluding hydrogens is 287 g/mol. The van der Waals surface area contributed by atoms with E-state index in [0.29, 0.717) is 21.7 Å². The highest BCUT2D eigenvalue weighted by Crippen LogP contribution is 2.27. The fourth-order valence-corrected chi connectivity index (χ4v) is 1.93. The number of halogens is 2. The zero-order valence-corrected chi connectivity index (χ0v) is 12.0. The molecule has 0 saturated carbocycles. The first-order valence-corrected chi connectivity index (χ1v) is 6.34. The highest BCUT2D eigenvalue weighted by Gasteiger charge is 2.13. The summed E-state index contributed by atoms with van der Waals surface area (Å²) >= 11 is 11.9. The van der Waals surface area contributed by atoms with Crippen LogP contribution < -0.4 is 5.32 Å². The van der Waals surface area contributed by atoms with Crippen molar-refractivity contribution in [2.75, 3.05) is 7.05 Å². The minimum absolute atomic E-state index is 0.104. The molecule has 0 aliphatic carbocycles. The molecule has 0 atom stereocenters. The van der Waals surface area contributed by atoms with Gasteiger partial charge >= 0.3 is 0 Å². The largest absolute Gasteiger partial charge is 0.358 e.